The van der Waals surface area contributed by atoms with Crippen molar-refractivity contribution < 1.29 is 23.0 Å². The van der Waals surface area contributed by atoms with Gasteiger partial charge in [0.25, 0.3) is 0 Å². The summed E-state index contributed by atoms with van der Waals surface area (Å²) < 4.78 is 25.6. The van der Waals surface area contributed by atoms with Crippen molar-refractivity contribution in [3.63, 3.8) is 0 Å². The molecule has 0 radical (unpaired) electrons. The first-order valence-corrected chi connectivity index (χ1v) is 12.9. The standard InChI is InChI=1S/C25H30FN3O4S/c1-18-6-5-9-22(14-18)29(15-23(30)27-20-7-3-2-4-8-20)25(32)17-34(33)16-24(31)28-21-12-10-19(26)11-13-21/h5-6,9-14,20H,2-4,7-8,15-17H2,1H3,(H,27,30)(H,28,31)/t34-/m0/s1. The van der Waals surface area contributed by atoms with Crippen LogP contribution in [0.5, 0.6) is 0 Å². The van der Waals surface area contributed by atoms with Crippen molar-refractivity contribution in [3.8, 4) is 0 Å². The summed E-state index contributed by atoms with van der Waals surface area (Å²) in [5.41, 5.74) is 1.83. The molecule has 3 rings (SSSR count). The average molecular weight is 488 g/mol. The number of benzene rings is 2. The first-order valence-electron chi connectivity index (χ1n) is 11.4. The smallest absolute Gasteiger partial charge is 0.240 e. The van der Waals surface area contributed by atoms with E-state index in [9.17, 15) is 23.0 Å². The van der Waals surface area contributed by atoms with Gasteiger partial charge in [-0.15, -0.1) is 0 Å². The first kappa shape index (κ1) is 25.6. The van der Waals surface area contributed by atoms with Gasteiger partial charge in [0.15, 0.2) is 0 Å². The minimum absolute atomic E-state index is 0.111. The van der Waals surface area contributed by atoms with Crippen LogP contribution in [0.25, 0.3) is 0 Å². The van der Waals surface area contributed by atoms with Gasteiger partial charge in [0.1, 0.15) is 23.9 Å². The molecule has 1 saturated carbocycles. The minimum atomic E-state index is -1.79. The minimum Gasteiger partial charge on any atom is -0.352 e. The van der Waals surface area contributed by atoms with E-state index in [0.29, 0.717) is 11.4 Å². The molecule has 0 heterocycles. The summed E-state index contributed by atoms with van der Waals surface area (Å²) in [4.78, 5) is 39.3. The molecule has 2 aromatic carbocycles. The van der Waals surface area contributed by atoms with Gasteiger partial charge in [-0.1, -0.05) is 31.4 Å². The van der Waals surface area contributed by atoms with Gasteiger partial charge in [-0.2, -0.15) is 0 Å². The van der Waals surface area contributed by atoms with E-state index < -0.39 is 34.2 Å². The Morgan fingerprint density at radius 3 is 2.38 bits per heavy atom. The fourth-order valence-electron chi connectivity index (χ4n) is 3.93. The van der Waals surface area contributed by atoms with Crippen LogP contribution in [-0.4, -0.2) is 46.0 Å². The lowest BCUT2D eigenvalue weighted by Gasteiger charge is -2.26. The van der Waals surface area contributed by atoms with Gasteiger partial charge in [-0.05, 0) is 61.7 Å². The van der Waals surface area contributed by atoms with Crippen LogP contribution >= 0.6 is 0 Å². The van der Waals surface area contributed by atoms with Crippen molar-refractivity contribution in [2.24, 2.45) is 0 Å². The van der Waals surface area contributed by atoms with E-state index in [2.05, 4.69) is 10.6 Å². The zero-order valence-electron chi connectivity index (χ0n) is 19.2. The van der Waals surface area contributed by atoms with Gasteiger partial charge in [0.05, 0.1) is 0 Å². The van der Waals surface area contributed by atoms with Crippen LogP contribution in [0.1, 0.15) is 37.7 Å². The second-order valence-corrected chi connectivity index (χ2v) is 9.96. The number of amides is 3. The Balaban J connectivity index is 1.61. The summed E-state index contributed by atoms with van der Waals surface area (Å²) in [5.74, 6) is -2.54. The summed E-state index contributed by atoms with van der Waals surface area (Å²) in [6.07, 6.45) is 5.17. The van der Waals surface area contributed by atoms with Crippen LogP contribution in [-0.2, 0) is 25.2 Å². The Morgan fingerprint density at radius 2 is 1.71 bits per heavy atom. The van der Waals surface area contributed by atoms with Crippen LogP contribution in [0.4, 0.5) is 15.8 Å². The SMILES string of the molecule is Cc1cccc(N(CC(=O)NC2CCCCC2)C(=O)C[S@@](=O)CC(=O)Nc2ccc(F)cc2)c1. The van der Waals surface area contributed by atoms with Gasteiger partial charge in [0.2, 0.25) is 17.7 Å². The van der Waals surface area contributed by atoms with Crippen molar-refractivity contribution >= 4 is 39.9 Å². The lowest BCUT2D eigenvalue weighted by atomic mass is 9.95. The fourth-order valence-corrected chi connectivity index (χ4v) is 4.82. The highest BCUT2D eigenvalue weighted by Gasteiger charge is 2.24. The van der Waals surface area contributed by atoms with E-state index in [1.165, 1.54) is 35.6 Å². The Labute approximate surface area is 201 Å². The van der Waals surface area contributed by atoms with Crippen molar-refractivity contribution in [3.05, 3.63) is 59.9 Å². The van der Waals surface area contributed by atoms with E-state index in [1.54, 1.807) is 18.2 Å². The molecule has 182 valence electrons. The molecule has 2 aromatic rings. The van der Waals surface area contributed by atoms with Gasteiger partial charge in [-0.3, -0.25) is 18.6 Å². The highest BCUT2D eigenvalue weighted by Crippen LogP contribution is 2.19. The van der Waals surface area contributed by atoms with Gasteiger partial charge < -0.3 is 15.5 Å². The van der Waals surface area contributed by atoms with E-state index >= 15 is 0 Å². The normalized spacial score (nSPS) is 14.8. The Bertz CT molecular complexity index is 1040. The number of nitrogens with zero attached hydrogens (tertiary/aromatic N) is 1. The third kappa shape index (κ3) is 8.06. The molecule has 34 heavy (non-hydrogen) atoms. The van der Waals surface area contributed by atoms with Gasteiger partial charge in [0, 0.05) is 28.2 Å². The van der Waals surface area contributed by atoms with Crippen molar-refractivity contribution in [1.29, 1.82) is 0 Å². The number of aryl methyl sites for hydroxylation is 1. The van der Waals surface area contributed by atoms with E-state index in [-0.39, 0.29) is 24.2 Å². The average Bonchev–Trinajstić information content (AvgIpc) is 2.79. The zero-order valence-corrected chi connectivity index (χ0v) is 20.0. The highest BCUT2D eigenvalue weighted by atomic mass is 32.2. The molecule has 1 fully saturated rings. The molecule has 1 atom stereocenters. The number of anilines is 2. The molecular weight excluding hydrogens is 457 g/mol. The van der Waals surface area contributed by atoms with E-state index in [0.717, 1.165) is 31.2 Å². The summed E-state index contributed by atoms with van der Waals surface area (Å²) in [7, 11) is -1.79. The highest BCUT2D eigenvalue weighted by molar-refractivity contribution is 7.86. The number of rotatable bonds is 9. The molecule has 9 heteroatoms. The fraction of sp³-hybridized carbons (Fsp3) is 0.400. The summed E-state index contributed by atoms with van der Waals surface area (Å²) in [6.45, 7) is 1.70. The van der Waals surface area contributed by atoms with Crippen LogP contribution in [0.2, 0.25) is 0 Å². The molecule has 0 bridgehead atoms. The summed E-state index contributed by atoms with van der Waals surface area (Å²) >= 11 is 0. The molecule has 0 spiro atoms. The molecule has 0 saturated heterocycles. The zero-order chi connectivity index (χ0) is 24.5. The topological polar surface area (TPSA) is 95.6 Å². The molecule has 0 unspecified atom stereocenters. The number of carbonyl (C=O) groups excluding carboxylic acids is 3. The molecule has 3 amide bonds. The molecule has 0 aliphatic heterocycles. The Kier molecular flexibility index (Phi) is 9.33. The summed E-state index contributed by atoms with van der Waals surface area (Å²) in [6, 6.07) is 12.5. The van der Waals surface area contributed by atoms with Crippen molar-refractivity contribution in [2.75, 3.05) is 28.3 Å². The summed E-state index contributed by atoms with van der Waals surface area (Å²) in [5, 5.41) is 5.54. The lowest BCUT2D eigenvalue weighted by molar-refractivity contribution is -0.123. The molecule has 1 aliphatic rings. The van der Waals surface area contributed by atoms with Gasteiger partial charge >= 0.3 is 0 Å². The number of hydrogen-bond donors (Lipinski definition) is 2. The monoisotopic (exact) mass is 487 g/mol. The maximum Gasteiger partial charge on any atom is 0.240 e. The van der Waals surface area contributed by atoms with Crippen LogP contribution in [0.3, 0.4) is 0 Å². The maximum absolute atomic E-state index is 13.0. The largest absolute Gasteiger partial charge is 0.352 e. The van der Waals surface area contributed by atoms with Crippen LogP contribution < -0.4 is 15.5 Å². The van der Waals surface area contributed by atoms with Gasteiger partial charge in [-0.25, -0.2) is 4.39 Å². The lowest BCUT2D eigenvalue weighted by Crippen LogP contribution is -2.46. The molecule has 7 nitrogen and oxygen atoms in total. The van der Waals surface area contributed by atoms with Crippen LogP contribution in [0.15, 0.2) is 48.5 Å². The number of halogens is 1. The third-order valence-corrected chi connectivity index (χ3v) is 6.74. The maximum atomic E-state index is 13.0. The number of hydrogen-bond acceptors (Lipinski definition) is 4. The number of carbonyl (C=O) groups is 3. The molecule has 2 N–H and O–H groups in total. The Morgan fingerprint density at radius 1 is 1.00 bits per heavy atom. The Hall–Kier alpha value is -3.07. The van der Waals surface area contributed by atoms with Crippen molar-refractivity contribution in [2.45, 2.75) is 45.1 Å². The first-order chi connectivity index (χ1) is 16.3. The molecule has 0 aromatic heterocycles. The quantitative estimate of drug-likeness (QED) is 0.567. The molecule has 1 aliphatic carbocycles. The van der Waals surface area contributed by atoms with E-state index in [4.69, 9.17) is 0 Å². The third-order valence-electron chi connectivity index (χ3n) is 5.59. The molecular formula is C25H30FN3O4S. The number of nitrogens with one attached hydrogen (secondary N) is 2. The predicted octanol–water partition coefficient (Wildman–Crippen LogP) is 3.30. The van der Waals surface area contributed by atoms with Crippen molar-refractivity contribution in [1.82, 2.24) is 5.32 Å². The van der Waals surface area contributed by atoms with E-state index in [1.807, 2.05) is 13.0 Å². The predicted molar refractivity (Wildman–Crippen MR) is 131 cm³/mol. The second-order valence-electron chi connectivity index (χ2n) is 8.50. The van der Waals surface area contributed by atoms with Crippen LogP contribution in [0, 0.1) is 12.7 Å². The second kappa shape index (κ2) is 12.4.